The van der Waals surface area contributed by atoms with Gasteiger partial charge in [0.15, 0.2) is 0 Å². The highest BCUT2D eigenvalue weighted by Gasteiger charge is 2.12. The van der Waals surface area contributed by atoms with Crippen LogP contribution in [0.4, 0.5) is 4.79 Å². The largest absolute Gasteiger partial charge is 0.441 e. The number of aliphatic hydroxyl groups is 1. The number of nitrogens with one attached hydrogen (secondary N) is 1. The Bertz CT molecular complexity index is 313. The zero-order valence-corrected chi connectivity index (χ0v) is 18.0. The minimum absolute atomic E-state index is 0.212. The predicted octanol–water partition coefficient (Wildman–Crippen LogP) is 5.59. The summed E-state index contributed by atoms with van der Waals surface area (Å²) < 4.78 is 10.5. The van der Waals surface area contributed by atoms with Crippen LogP contribution in [0.1, 0.15) is 104 Å². The average Bonchev–Trinajstić information content (AvgIpc) is 2.66. The lowest BCUT2D eigenvalue weighted by Gasteiger charge is -2.15. The second-order valence-corrected chi connectivity index (χ2v) is 7.41. The molecule has 0 spiro atoms. The fourth-order valence-corrected chi connectivity index (χ4v) is 3.07. The molecule has 1 atom stereocenters. The van der Waals surface area contributed by atoms with E-state index in [1.54, 1.807) is 0 Å². The fraction of sp³-hybridized carbons (Fsp3) is 0.955. The van der Waals surface area contributed by atoms with E-state index in [-0.39, 0.29) is 13.2 Å². The average molecular weight is 388 g/mol. The van der Waals surface area contributed by atoms with Crippen LogP contribution in [0.5, 0.6) is 0 Å². The molecule has 0 aromatic heterocycles. The SMILES string of the molecule is CCCCCCCCCCCCCCCCOCC(CO)OC(=O)NCC. The summed E-state index contributed by atoms with van der Waals surface area (Å²) in [5.74, 6) is 0. The maximum Gasteiger partial charge on any atom is 0.407 e. The molecule has 0 aliphatic heterocycles. The fourth-order valence-electron chi connectivity index (χ4n) is 3.07. The maximum absolute atomic E-state index is 11.3. The van der Waals surface area contributed by atoms with Crippen LogP contribution in [0.25, 0.3) is 0 Å². The summed E-state index contributed by atoms with van der Waals surface area (Å²) in [6, 6.07) is 0. The van der Waals surface area contributed by atoms with E-state index in [0.29, 0.717) is 13.2 Å². The second kappa shape index (κ2) is 21.5. The van der Waals surface area contributed by atoms with Gasteiger partial charge in [0, 0.05) is 13.2 Å². The van der Waals surface area contributed by atoms with Gasteiger partial charge in [-0.15, -0.1) is 0 Å². The first kappa shape index (κ1) is 26.2. The van der Waals surface area contributed by atoms with Crippen LogP contribution in [-0.4, -0.2) is 43.7 Å². The number of hydrogen-bond acceptors (Lipinski definition) is 4. The predicted molar refractivity (Wildman–Crippen MR) is 112 cm³/mol. The molecule has 0 saturated carbocycles. The second-order valence-electron chi connectivity index (χ2n) is 7.41. The normalized spacial score (nSPS) is 12.1. The Morgan fingerprint density at radius 1 is 0.815 bits per heavy atom. The number of rotatable bonds is 20. The first-order chi connectivity index (χ1) is 13.2. The van der Waals surface area contributed by atoms with E-state index in [1.807, 2.05) is 6.92 Å². The van der Waals surface area contributed by atoms with Gasteiger partial charge < -0.3 is 19.9 Å². The molecule has 5 nitrogen and oxygen atoms in total. The number of amides is 1. The van der Waals surface area contributed by atoms with Crippen LogP contribution in [-0.2, 0) is 9.47 Å². The van der Waals surface area contributed by atoms with Crippen molar-refractivity contribution in [2.45, 2.75) is 110 Å². The van der Waals surface area contributed by atoms with Crippen LogP contribution >= 0.6 is 0 Å². The van der Waals surface area contributed by atoms with Gasteiger partial charge in [-0.3, -0.25) is 0 Å². The van der Waals surface area contributed by atoms with E-state index >= 15 is 0 Å². The quantitative estimate of drug-likeness (QED) is 0.267. The van der Waals surface area contributed by atoms with Crippen molar-refractivity contribution in [1.29, 1.82) is 0 Å². The number of ether oxygens (including phenoxy) is 2. The van der Waals surface area contributed by atoms with Gasteiger partial charge >= 0.3 is 6.09 Å². The summed E-state index contributed by atoms with van der Waals surface area (Å²) >= 11 is 0. The molecule has 1 unspecified atom stereocenters. The van der Waals surface area contributed by atoms with Crippen molar-refractivity contribution in [1.82, 2.24) is 5.32 Å². The molecule has 0 aliphatic rings. The number of alkyl carbamates (subject to hydrolysis) is 1. The van der Waals surface area contributed by atoms with Crippen LogP contribution in [0.15, 0.2) is 0 Å². The Hall–Kier alpha value is -0.810. The van der Waals surface area contributed by atoms with Gasteiger partial charge in [-0.1, -0.05) is 90.4 Å². The van der Waals surface area contributed by atoms with Gasteiger partial charge in [0.05, 0.1) is 13.2 Å². The molecule has 27 heavy (non-hydrogen) atoms. The van der Waals surface area contributed by atoms with E-state index in [1.165, 1.54) is 83.5 Å². The van der Waals surface area contributed by atoms with Crippen molar-refractivity contribution >= 4 is 6.09 Å². The summed E-state index contributed by atoms with van der Waals surface area (Å²) in [6.45, 7) is 5.30. The van der Waals surface area contributed by atoms with E-state index in [9.17, 15) is 9.90 Å². The summed E-state index contributed by atoms with van der Waals surface area (Å²) in [5.41, 5.74) is 0. The number of carbonyl (C=O) groups is 1. The van der Waals surface area contributed by atoms with Crippen LogP contribution in [0, 0.1) is 0 Å². The van der Waals surface area contributed by atoms with Crippen molar-refractivity contribution in [3.63, 3.8) is 0 Å². The standard InChI is InChI=1S/C22H45NO4/c1-3-5-6-7-8-9-10-11-12-13-14-15-16-17-18-26-20-21(19-24)27-22(25)23-4-2/h21,24H,3-20H2,1-2H3,(H,23,25). The Morgan fingerprint density at radius 2 is 1.30 bits per heavy atom. The first-order valence-corrected chi connectivity index (χ1v) is 11.4. The van der Waals surface area contributed by atoms with E-state index < -0.39 is 12.2 Å². The Kier molecular flexibility index (Phi) is 20.8. The Morgan fingerprint density at radius 3 is 1.74 bits per heavy atom. The highest BCUT2D eigenvalue weighted by Crippen LogP contribution is 2.13. The van der Waals surface area contributed by atoms with Crippen molar-refractivity contribution in [2.24, 2.45) is 0 Å². The lowest BCUT2D eigenvalue weighted by Crippen LogP contribution is -2.33. The Balaban J connectivity index is 3.25. The summed E-state index contributed by atoms with van der Waals surface area (Å²) in [7, 11) is 0. The molecule has 0 aliphatic carbocycles. The van der Waals surface area contributed by atoms with Crippen LogP contribution in [0.3, 0.4) is 0 Å². The van der Waals surface area contributed by atoms with E-state index in [0.717, 1.165) is 6.42 Å². The van der Waals surface area contributed by atoms with E-state index in [2.05, 4.69) is 12.2 Å². The Labute approximate surface area is 167 Å². The zero-order valence-electron chi connectivity index (χ0n) is 18.0. The molecule has 0 radical (unpaired) electrons. The minimum Gasteiger partial charge on any atom is -0.441 e. The molecule has 0 heterocycles. The van der Waals surface area contributed by atoms with Crippen LogP contribution in [0.2, 0.25) is 0 Å². The number of hydrogen-bond donors (Lipinski definition) is 2. The molecule has 2 N–H and O–H groups in total. The lowest BCUT2D eigenvalue weighted by atomic mass is 10.0. The molecule has 0 saturated heterocycles. The summed E-state index contributed by atoms with van der Waals surface area (Å²) in [6.07, 6.45) is 17.6. The third-order valence-electron chi connectivity index (χ3n) is 4.74. The van der Waals surface area contributed by atoms with Crippen molar-refractivity contribution < 1.29 is 19.4 Å². The number of aliphatic hydroxyl groups excluding tert-OH is 1. The van der Waals surface area contributed by atoms with E-state index in [4.69, 9.17) is 9.47 Å². The van der Waals surface area contributed by atoms with Crippen LogP contribution < -0.4 is 5.32 Å². The minimum atomic E-state index is -0.580. The third kappa shape index (κ3) is 19.7. The number of carbonyl (C=O) groups excluding carboxylic acids is 1. The van der Waals surface area contributed by atoms with Gasteiger partial charge in [0.1, 0.15) is 6.10 Å². The monoisotopic (exact) mass is 387 g/mol. The molecule has 162 valence electrons. The van der Waals surface area contributed by atoms with Crippen molar-refractivity contribution in [3.8, 4) is 0 Å². The molecule has 0 fully saturated rings. The molecular weight excluding hydrogens is 342 g/mol. The molecule has 0 bridgehead atoms. The molecule has 5 heteroatoms. The highest BCUT2D eigenvalue weighted by atomic mass is 16.6. The molecule has 1 amide bonds. The van der Waals surface area contributed by atoms with Crippen molar-refractivity contribution in [2.75, 3.05) is 26.4 Å². The number of unbranched alkanes of at least 4 members (excludes halogenated alkanes) is 13. The van der Waals surface area contributed by atoms with Gasteiger partial charge in [-0.05, 0) is 13.3 Å². The van der Waals surface area contributed by atoms with Crippen molar-refractivity contribution in [3.05, 3.63) is 0 Å². The zero-order chi connectivity index (χ0) is 20.0. The lowest BCUT2D eigenvalue weighted by molar-refractivity contribution is -0.00746. The highest BCUT2D eigenvalue weighted by molar-refractivity contribution is 5.67. The molecule has 0 aromatic carbocycles. The molecule has 0 aromatic rings. The van der Waals surface area contributed by atoms with Gasteiger partial charge in [-0.25, -0.2) is 4.79 Å². The van der Waals surface area contributed by atoms with Gasteiger partial charge in [0.2, 0.25) is 0 Å². The topological polar surface area (TPSA) is 67.8 Å². The molecule has 0 rings (SSSR count). The summed E-state index contributed by atoms with van der Waals surface area (Å²) in [4.78, 5) is 11.3. The molecular formula is C22H45NO4. The maximum atomic E-state index is 11.3. The third-order valence-corrected chi connectivity index (χ3v) is 4.74. The van der Waals surface area contributed by atoms with Gasteiger partial charge in [-0.2, -0.15) is 0 Å². The van der Waals surface area contributed by atoms with Gasteiger partial charge in [0.25, 0.3) is 0 Å². The first-order valence-electron chi connectivity index (χ1n) is 11.4. The smallest absolute Gasteiger partial charge is 0.407 e. The summed E-state index contributed by atoms with van der Waals surface area (Å²) in [5, 5.41) is 11.7.